The monoisotopic (exact) mass is 463 g/mol. The molecule has 1 aromatic carbocycles. The van der Waals surface area contributed by atoms with Crippen molar-refractivity contribution in [3.63, 3.8) is 0 Å². The number of aliphatic imine (C=N–C) groups is 1. The number of ether oxygens (including phenoxy) is 1. The summed E-state index contributed by atoms with van der Waals surface area (Å²) in [5.74, 6) is -1.29. The first-order chi connectivity index (χ1) is 16.4. The molecule has 2 aromatic heterocycles. The Bertz CT molecular complexity index is 1290. The molecule has 3 atom stereocenters. The fourth-order valence-electron chi connectivity index (χ4n) is 4.46. The third kappa shape index (κ3) is 4.68. The van der Waals surface area contributed by atoms with Gasteiger partial charge in [-0.1, -0.05) is 0 Å². The number of aryl methyl sites for hydroxylation is 1. The lowest BCUT2D eigenvalue weighted by atomic mass is 9.86. The van der Waals surface area contributed by atoms with Gasteiger partial charge >= 0.3 is 0 Å². The third-order valence-corrected chi connectivity index (χ3v) is 6.33. The van der Waals surface area contributed by atoms with Crippen LogP contribution in [0.1, 0.15) is 49.9 Å². The van der Waals surface area contributed by atoms with Gasteiger partial charge in [0.05, 0.1) is 29.5 Å². The molecular weight excluding hydrogens is 436 g/mol. The van der Waals surface area contributed by atoms with Crippen molar-refractivity contribution in [3.8, 4) is 11.3 Å². The van der Waals surface area contributed by atoms with Crippen molar-refractivity contribution in [2.75, 3.05) is 0 Å². The first-order valence-electron chi connectivity index (χ1n) is 11.6. The van der Waals surface area contributed by atoms with Crippen molar-refractivity contribution in [1.29, 1.82) is 0 Å². The van der Waals surface area contributed by atoms with Crippen LogP contribution in [-0.4, -0.2) is 39.4 Å². The van der Waals surface area contributed by atoms with Crippen molar-refractivity contribution >= 4 is 17.2 Å². The van der Waals surface area contributed by atoms with E-state index in [0.29, 0.717) is 29.2 Å². The molecule has 1 saturated heterocycles. The van der Waals surface area contributed by atoms with E-state index in [0.717, 1.165) is 42.3 Å². The van der Waals surface area contributed by atoms with Crippen LogP contribution in [0.25, 0.3) is 22.3 Å². The van der Waals surface area contributed by atoms with Crippen LogP contribution in [0.2, 0.25) is 0 Å². The first kappa shape index (κ1) is 22.5. The molecule has 0 bridgehead atoms. The Hall–Kier alpha value is -3.26. The number of hydrogen-bond donors (Lipinski definition) is 1. The molecule has 0 unspecified atom stereocenters. The lowest BCUT2D eigenvalue weighted by molar-refractivity contribution is -0.0266. The van der Waals surface area contributed by atoms with E-state index >= 15 is 0 Å². The maximum absolute atomic E-state index is 14.8. The second-order valence-corrected chi connectivity index (χ2v) is 9.18. The second kappa shape index (κ2) is 9.18. The molecule has 1 saturated carbocycles. The van der Waals surface area contributed by atoms with Gasteiger partial charge in [-0.3, -0.25) is 9.98 Å². The first-order valence-corrected chi connectivity index (χ1v) is 11.6. The highest BCUT2D eigenvalue weighted by Crippen LogP contribution is 2.37. The van der Waals surface area contributed by atoms with Crippen molar-refractivity contribution in [2.24, 2.45) is 10.7 Å². The summed E-state index contributed by atoms with van der Waals surface area (Å²) in [7, 11) is 0. The molecule has 34 heavy (non-hydrogen) atoms. The molecule has 0 radical (unpaired) electrons. The van der Waals surface area contributed by atoms with E-state index in [1.54, 1.807) is 12.4 Å². The number of rotatable bonds is 5. The Balaban J connectivity index is 1.56. The highest BCUT2D eigenvalue weighted by molar-refractivity contribution is 5.89. The lowest BCUT2D eigenvalue weighted by Crippen LogP contribution is -2.32. The maximum Gasteiger partial charge on any atom is 0.135 e. The van der Waals surface area contributed by atoms with Crippen LogP contribution in [0, 0.1) is 18.6 Å². The Morgan fingerprint density at radius 2 is 2.00 bits per heavy atom. The molecule has 5 rings (SSSR count). The number of hydrogen-bond acceptors (Lipinski definition) is 6. The molecule has 8 heteroatoms. The average Bonchev–Trinajstić information content (AvgIpc) is 3.63. The molecule has 6 nitrogen and oxygen atoms in total. The summed E-state index contributed by atoms with van der Waals surface area (Å²) in [6.45, 7) is 3.88. The summed E-state index contributed by atoms with van der Waals surface area (Å²) >= 11 is 0. The Morgan fingerprint density at radius 3 is 2.74 bits per heavy atom. The minimum Gasteiger partial charge on any atom is -0.404 e. The molecule has 3 heterocycles. The Labute approximate surface area is 197 Å². The summed E-state index contributed by atoms with van der Waals surface area (Å²) < 4.78 is 34.5. The zero-order chi connectivity index (χ0) is 23.8. The lowest BCUT2D eigenvalue weighted by Gasteiger charge is -2.34. The SMILES string of the molecule is Cc1cnc2c(-c3ccc(F)cc3F)nc([C@H]3C[C@@H](/C(C=NC4CC4)=C/N)O[C@@H](C)C3)cc2n1. The normalized spacial score (nSPS) is 23.6. The predicted octanol–water partition coefficient (Wildman–Crippen LogP) is 5.01. The predicted molar refractivity (Wildman–Crippen MR) is 128 cm³/mol. The molecule has 176 valence electrons. The molecule has 1 aliphatic heterocycles. The van der Waals surface area contributed by atoms with E-state index in [-0.39, 0.29) is 23.7 Å². The van der Waals surface area contributed by atoms with Gasteiger partial charge in [0.1, 0.15) is 22.8 Å². The van der Waals surface area contributed by atoms with Crippen molar-refractivity contribution < 1.29 is 13.5 Å². The van der Waals surface area contributed by atoms with Crippen LogP contribution in [0.3, 0.4) is 0 Å². The smallest absolute Gasteiger partial charge is 0.135 e. The minimum atomic E-state index is -0.684. The van der Waals surface area contributed by atoms with Gasteiger partial charge in [-0.05, 0) is 57.7 Å². The topological polar surface area (TPSA) is 86.3 Å². The van der Waals surface area contributed by atoms with Gasteiger partial charge in [0.15, 0.2) is 0 Å². The van der Waals surface area contributed by atoms with E-state index in [1.165, 1.54) is 12.1 Å². The van der Waals surface area contributed by atoms with Gasteiger partial charge in [0.25, 0.3) is 0 Å². The summed E-state index contributed by atoms with van der Waals surface area (Å²) in [6.07, 6.45) is 8.41. The van der Waals surface area contributed by atoms with Crippen LogP contribution in [0.15, 0.2) is 47.2 Å². The average molecular weight is 464 g/mol. The third-order valence-electron chi connectivity index (χ3n) is 6.33. The van der Waals surface area contributed by atoms with Gasteiger partial charge in [0, 0.05) is 47.4 Å². The van der Waals surface area contributed by atoms with E-state index in [2.05, 4.69) is 15.0 Å². The van der Waals surface area contributed by atoms with Crippen LogP contribution in [-0.2, 0) is 4.74 Å². The van der Waals surface area contributed by atoms with Gasteiger partial charge in [-0.2, -0.15) is 0 Å². The van der Waals surface area contributed by atoms with E-state index in [4.69, 9.17) is 15.5 Å². The van der Waals surface area contributed by atoms with Gasteiger partial charge in [0.2, 0.25) is 0 Å². The summed E-state index contributed by atoms with van der Waals surface area (Å²) in [5, 5.41) is 0. The molecule has 1 aliphatic carbocycles. The molecule has 2 aliphatic rings. The molecule has 2 N–H and O–H groups in total. The zero-order valence-electron chi connectivity index (χ0n) is 19.2. The van der Waals surface area contributed by atoms with Crippen molar-refractivity contribution in [2.45, 2.75) is 63.7 Å². The van der Waals surface area contributed by atoms with Crippen molar-refractivity contribution in [3.05, 3.63) is 65.3 Å². The minimum absolute atomic E-state index is 0.0277. The number of nitrogens with two attached hydrogens (primary N) is 1. The molecule has 3 aromatic rings. The standard InChI is InChI=1S/C26H27F2N5O/c1-14-12-31-26-23(32-14)10-22(33-25(26)20-6-3-18(27)9-21(20)28)16-7-15(2)34-24(8-16)17(11-29)13-30-19-4-5-19/h3,6,9-13,15-16,19,24H,4-5,7-8,29H2,1-2H3/b17-11+,30-13?/t15-,16+,24-/m0/s1. The largest absolute Gasteiger partial charge is 0.404 e. The van der Waals surface area contributed by atoms with Crippen molar-refractivity contribution in [1.82, 2.24) is 15.0 Å². The molecule has 0 spiro atoms. The zero-order valence-corrected chi connectivity index (χ0v) is 19.2. The van der Waals surface area contributed by atoms with Gasteiger partial charge < -0.3 is 10.5 Å². The summed E-state index contributed by atoms with van der Waals surface area (Å²) in [5.41, 5.74) is 9.97. The fraction of sp³-hybridized carbons (Fsp3) is 0.385. The number of nitrogens with zero attached hydrogens (tertiary/aromatic N) is 4. The molecule has 0 amide bonds. The van der Waals surface area contributed by atoms with Crippen LogP contribution < -0.4 is 5.73 Å². The Morgan fingerprint density at radius 1 is 1.18 bits per heavy atom. The highest BCUT2D eigenvalue weighted by atomic mass is 19.1. The van der Waals surface area contributed by atoms with Gasteiger partial charge in [-0.15, -0.1) is 0 Å². The number of aromatic nitrogens is 3. The number of pyridine rings is 1. The number of benzene rings is 1. The maximum atomic E-state index is 14.8. The quantitative estimate of drug-likeness (QED) is 0.538. The highest BCUT2D eigenvalue weighted by Gasteiger charge is 2.32. The van der Waals surface area contributed by atoms with Crippen LogP contribution in [0.5, 0.6) is 0 Å². The van der Waals surface area contributed by atoms with Crippen LogP contribution >= 0.6 is 0 Å². The van der Waals surface area contributed by atoms with E-state index in [1.807, 2.05) is 26.1 Å². The molecule has 2 fully saturated rings. The summed E-state index contributed by atoms with van der Waals surface area (Å²) in [4.78, 5) is 18.5. The molecular formula is C26H27F2N5O. The number of fused-ring (bicyclic) bond motifs is 1. The number of halogens is 2. The van der Waals surface area contributed by atoms with Crippen LogP contribution in [0.4, 0.5) is 8.78 Å². The van der Waals surface area contributed by atoms with Gasteiger partial charge in [-0.25, -0.2) is 18.7 Å². The Kier molecular flexibility index (Phi) is 6.08. The van der Waals surface area contributed by atoms with E-state index < -0.39 is 11.6 Å². The summed E-state index contributed by atoms with van der Waals surface area (Å²) in [6, 6.07) is 5.80. The second-order valence-electron chi connectivity index (χ2n) is 9.18. The van der Waals surface area contributed by atoms with E-state index in [9.17, 15) is 8.78 Å². The fourth-order valence-corrected chi connectivity index (χ4v) is 4.46.